The number of carboxylic acid groups (broad SMARTS) is 1. The number of halogens is 1. The molecule has 0 atom stereocenters. The Balaban J connectivity index is 2.36. The molecule has 23 heavy (non-hydrogen) atoms. The van der Waals surface area contributed by atoms with Gasteiger partial charge >= 0.3 is 5.97 Å². The van der Waals surface area contributed by atoms with E-state index in [0.717, 1.165) is 0 Å². The third-order valence-electron chi connectivity index (χ3n) is 3.48. The van der Waals surface area contributed by atoms with E-state index in [4.69, 9.17) is 21.1 Å². The van der Waals surface area contributed by atoms with Crippen LogP contribution in [0.3, 0.4) is 0 Å². The molecular formula is C16H10ClNO5. The molecule has 0 aromatic heterocycles. The first-order chi connectivity index (χ1) is 11.0. The second-order valence-electron chi connectivity index (χ2n) is 4.89. The van der Waals surface area contributed by atoms with Crippen molar-refractivity contribution in [2.45, 2.75) is 6.42 Å². The minimum absolute atomic E-state index is 0.0584. The lowest BCUT2D eigenvalue weighted by Gasteiger charge is -2.03. The van der Waals surface area contributed by atoms with Crippen LogP contribution in [0, 0.1) is 10.1 Å². The van der Waals surface area contributed by atoms with Crippen LogP contribution in [-0.4, -0.2) is 16.0 Å². The topological polar surface area (TPSA) is 93.6 Å². The highest BCUT2D eigenvalue weighted by atomic mass is 35.5. The van der Waals surface area contributed by atoms with Gasteiger partial charge in [0.15, 0.2) is 0 Å². The predicted octanol–water partition coefficient (Wildman–Crippen LogP) is 4.24. The van der Waals surface area contributed by atoms with Crippen molar-refractivity contribution in [2.75, 3.05) is 0 Å². The van der Waals surface area contributed by atoms with Gasteiger partial charge in [0.05, 0.1) is 28.7 Å². The van der Waals surface area contributed by atoms with Gasteiger partial charge in [-0.15, -0.1) is 0 Å². The number of hydrogen-bond donors (Lipinski definition) is 1. The summed E-state index contributed by atoms with van der Waals surface area (Å²) >= 11 is 5.86. The summed E-state index contributed by atoms with van der Waals surface area (Å²) in [5.74, 6) is -0.951. The van der Waals surface area contributed by atoms with E-state index in [1.165, 1.54) is 6.26 Å². The Kier molecular flexibility index (Phi) is 3.75. The fraction of sp³-hybridized carbons (Fsp3) is 0.0625. The predicted molar refractivity (Wildman–Crippen MR) is 83.8 cm³/mol. The standard InChI is InChI=1S/C16H10ClNO5/c17-10-5-3-9(4-6-10)14-11-2-1-7-23-16(11)12(8-13(19)20)15(14)18(21)22/h1-7H,8H2,(H,19,20). The number of carbonyl (C=O) groups is 1. The van der Waals surface area contributed by atoms with Crippen LogP contribution >= 0.6 is 11.6 Å². The summed E-state index contributed by atoms with van der Waals surface area (Å²) in [4.78, 5) is 22.1. The van der Waals surface area contributed by atoms with Crippen LogP contribution in [0.1, 0.15) is 5.56 Å². The van der Waals surface area contributed by atoms with Crippen LogP contribution in [0.2, 0.25) is 5.02 Å². The maximum Gasteiger partial charge on any atom is 0.308 e. The number of hydrogen-bond acceptors (Lipinski definition) is 4. The molecule has 0 saturated carbocycles. The fourth-order valence-electron chi connectivity index (χ4n) is 2.62. The highest BCUT2D eigenvalue weighted by Gasteiger charge is 2.34. The lowest BCUT2D eigenvalue weighted by molar-refractivity contribution is -0.384. The van der Waals surface area contributed by atoms with Crippen molar-refractivity contribution in [3.8, 4) is 22.5 Å². The lowest BCUT2D eigenvalue weighted by Crippen LogP contribution is -2.02. The zero-order valence-corrected chi connectivity index (χ0v) is 12.4. The van der Waals surface area contributed by atoms with E-state index >= 15 is 0 Å². The Morgan fingerprint density at radius 1 is 1.26 bits per heavy atom. The molecule has 1 heterocycles. The third kappa shape index (κ3) is 2.64. The molecule has 3 rings (SSSR count). The van der Waals surface area contributed by atoms with Crippen LogP contribution in [-0.2, 0) is 11.2 Å². The molecule has 1 aliphatic heterocycles. The van der Waals surface area contributed by atoms with Crippen molar-refractivity contribution in [3.63, 3.8) is 0 Å². The van der Waals surface area contributed by atoms with E-state index in [-0.39, 0.29) is 17.0 Å². The SMILES string of the molecule is O=C(O)Cc1c2occcc-2c(-c2ccc(Cl)cc2)c1[N+](=O)[O-]. The Hall–Kier alpha value is -2.86. The first kappa shape index (κ1) is 15.1. The average molecular weight is 332 g/mol. The molecule has 0 fully saturated rings. The quantitative estimate of drug-likeness (QED) is 0.570. The maximum absolute atomic E-state index is 11.6. The second-order valence-corrected chi connectivity index (χ2v) is 5.33. The van der Waals surface area contributed by atoms with Gasteiger partial charge in [-0.05, 0) is 29.8 Å². The highest BCUT2D eigenvalue weighted by molar-refractivity contribution is 6.30. The van der Waals surface area contributed by atoms with Crippen molar-refractivity contribution in [2.24, 2.45) is 0 Å². The molecule has 0 radical (unpaired) electrons. The fourth-order valence-corrected chi connectivity index (χ4v) is 2.75. The van der Waals surface area contributed by atoms with Crippen molar-refractivity contribution >= 4 is 23.3 Å². The molecular weight excluding hydrogens is 322 g/mol. The van der Waals surface area contributed by atoms with Gasteiger partial charge in [-0.2, -0.15) is 0 Å². The number of aliphatic carboxylic acids is 1. The summed E-state index contributed by atoms with van der Waals surface area (Å²) in [7, 11) is 0. The largest absolute Gasteiger partial charge is 0.481 e. The zero-order valence-electron chi connectivity index (χ0n) is 11.7. The summed E-state index contributed by atoms with van der Waals surface area (Å²) in [5, 5.41) is 21.1. The Labute approximate surface area is 135 Å². The van der Waals surface area contributed by atoms with E-state index in [0.29, 0.717) is 21.7 Å². The van der Waals surface area contributed by atoms with Gasteiger partial charge in [-0.1, -0.05) is 23.7 Å². The summed E-state index contributed by atoms with van der Waals surface area (Å²) in [5.41, 5.74) is 1.21. The number of fused-ring (bicyclic) bond motifs is 1. The zero-order chi connectivity index (χ0) is 16.6. The molecule has 1 N–H and O–H groups in total. The van der Waals surface area contributed by atoms with Crippen molar-refractivity contribution in [1.29, 1.82) is 0 Å². The molecule has 6 nitrogen and oxygen atoms in total. The molecule has 1 aromatic carbocycles. The first-order valence-corrected chi connectivity index (χ1v) is 7.01. The molecule has 0 saturated heterocycles. The molecule has 0 bridgehead atoms. The first-order valence-electron chi connectivity index (χ1n) is 6.63. The molecule has 116 valence electrons. The number of nitro groups is 1. The van der Waals surface area contributed by atoms with Gasteiger partial charge in [0.2, 0.25) is 0 Å². The van der Waals surface area contributed by atoms with E-state index in [1.807, 2.05) is 0 Å². The number of rotatable bonds is 4. The van der Waals surface area contributed by atoms with Gasteiger partial charge in [-0.3, -0.25) is 14.9 Å². The van der Waals surface area contributed by atoms with Gasteiger partial charge < -0.3 is 9.52 Å². The van der Waals surface area contributed by atoms with Crippen LogP contribution in [0.15, 0.2) is 47.1 Å². The van der Waals surface area contributed by atoms with E-state index in [2.05, 4.69) is 0 Å². The third-order valence-corrected chi connectivity index (χ3v) is 3.73. The average Bonchev–Trinajstić information content (AvgIpc) is 2.82. The number of nitrogens with zero attached hydrogens (tertiary/aromatic N) is 1. The minimum Gasteiger partial charge on any atom is -0.481 e. The summed E-state index contributed by atoms with van der Waals surface area (Å²) in [6.07, 6.45) is 0.872. The molecule has 7 heteroatoms. The highest BCUT2D eigenvalue weighted by Crippen LogP contribution is 2.48. The molecule has 0 amide bonds. The maximum atomic E-state index is 11.6. The van der Waals surface area contributed by atoms with E-state index in [1.54, 1.807) is 36.4 Å². The Morgan fingerprint density at radius 3 is 2.57 bits per heavy atom. The van der Waals surface area contributed by atoms with E-state index < -0.39 is 17.3 Å². The number of carboxylic acids is 1. The molecule has 0 spiro atoms. The van der Waals surface area contributed by atoms with Crippen LogP contribution in [0.5, 0.6) is 0 Å². The van der Waals surface area contributed by atoms with Crippen LogP contribution in [0.4, 0.5) is 5.69 Å². The molecule has 0 unspecified atom stereocenters. The van der Waals surface area contributed by atoms with Crippen molar-refractivity contribution in [1.82, 2.24) is 0 Å². The van der Waals surface area contributed by atoms with Gasteiger partial charge in [0.25, 0.3) is 5.69 Å². The monoisotopic (exact) mass is 331 g/mol. The summed E-state index contributed by atoms with van der Waals surface area (Å²) in [6, 6.07) is 9.83. The number of benzene rings is 1. The van der Waals surface area contributed by atoms with Crippen molar-refractivity contribution < 1.29 is 19.2 Å². The Morgan fingerprint density at radius 2 is 1.96 bits per heavy atom. The van der Waals surface area contributed by atoms with E-state index in [9.17, 15) is 14.9 Å². The normalized spacial score (nSPS) is 10.8. The van der Waals surface area contributed by atoms with Crippen LogP contribution in [0.25, 0.3) is 22.5 Å². The van der Waals surface area contributed by atoms with Gasteiger partial charge in [0.1, 0.15) is 5.76 Å². The van der Waals surface area contributed by atoms with Gasteiger partial charge in [0, 0.05) is 10.6 Å². The molecule has 2 aliphatic rings. The smallest absolute Gasteiger partial charge is 0.308 e. The molecule has 1 aliphatic carbocycles. The summed E-state index contributed by atoms with van der Waals surface area (Å²) in [6.45, 7) is 0. The minimum atomic E-state index is -1.17. The lowest BCUT2D eigenvalue weighted by atomic mass is 10.0. The molecule has 1 aromatic rings. The second kappa shape index (κ2) is 5.73. The van der Waals surface area contributed by atoms with Crippen molar-refractivity contribution in [3.05, 3.63) is 63.4 Å². The summed E-state index contributed by atoms with van der Waals surface area (Å²) < 4.78 is 5.37. The van der Waals surface area contributed by atoms with Crippen LogP contribution < -0.4 is 0 Å². The Bertz CT molecular complexity index is 869. The van der Waals surface area contributed by atoms with Gasteiger partial charge in [-0.25, -0.2) is 0 Å².